The molecule has 0 aromatic carbocycles. The van der Waals surface area contributed by atoms with E-state index in [1.807, 2.05) is 6.92 Å². The van der Waals surface area contributed by atoms with Crippen LogP contribution in [0.5, 0.6) is 0 Å². The summed E-state index contributed by atoms with van der Waals surface area (Å²) in [5.74, 6) is -0.00519. The Kier molecular flexibility index (Phi) is 4.18. The smallest absolute Gasteiger partial charge is 0.237 e. The molecule has 4 N–H and O–H groups in total. The van der Waals surface area contributed by atoms with Crippen LogP contribution in [0.3, 0.4) is 0 Å². The second-order valence-electron chi connectivity index (χ2n) is 3.55. The standard InChI is InChI=1S/C9H19N3O/c1-2-8(10)9(13)12-7-3-5-11-6-4-7/h7-8,11H,2-6,10H2,1H3,(H,12,13)/t8-/m0/s1. The van der Waals surface area contributed by atoms with Crippen molar-refractivity contribution in [2.75, 3.05) is 13.1 Å². The number of hydrogen-bond acceptors (Lipinski definition) is 3. The molecule has 0 saturated carbocycles. The van der Waals surface area contributed by atoms with Gasteiger partial charge in [0, 0.05) is 6.04 Å². The Morgan fingerprint density at radius 2 is 2.23 bits per heavy atom. The zero-order valence-corrected chi connectivity index (χ0v) is 8.18. The summed E-state index contributed by atoms with van der Waals surface area (Å²) < 4.78 is 0. The summed E-state index contributed by atoms with van der Waals surface area (Å²) in [6.45, 7) is 3.91. The summed E-state index contributed by atoms with van der Waals surface area (Å²) in [6.07, 6.45) is 2.74. The van der Waals surface area contributed by atoms with Gasteiger partial charge < -0.3 is 16.4 Å². The van der Waals surface area contributed by atoms with Crippen molar-refractivity contribution >= 4 is 5.91 Å². The minimum Gasteiger partial charge on any atom is -0.352 e. The number of carbonyl (C=O) groups is 1. The Labute approximate surface area is 79.3 Å². The van der Waals surface area contributed by atoms with Gasteiger partial charge in [0.1, 0.15) is 0 Å². The van der Waals surface area contributed by atoms with E-state index in [4.69, 9.17) is 5.73 Å². The van der Waals surface area contributed by atoms with Crippen LogP contribution < -0.4 is 16.4 Å². The molecule has 1 atom stereocenters. The van der Waals surface area contributed by atoms with E-state index < -0.39 is 0 Å². The van der Waals surface area contributed by atoms with Crippen LogP contribution in [0.15, 0.2) is 0 Å². The number of hydrogen-bond donors (Lipinski definition) is 3. The lowest BCUT2D eigenvalue weighted by molar-refractivity contribution is -0.123. The van der Waals surface area contributed by atoms with Crippen molar-refractivity contribution in [3.8, 4) is 0 Å². The molecule has 13 heavy (non-hydrogen) atoms. The Balaban J connectivity index is 2.26. The first-order valence-corrected chi connectivity index (χ1v) is 5.00. The molecule has 1 amide bonds. The molecule has 1 aliphatic rings. The lowest BCUT2D eigenvalue weighted by Gasteiger charge is -2.24. The molecule has 0 spiro atoms. The maximum atomic E-state index is 11.4. The molecular formula is C9H19N3O. The molecule has 0 unspecified atom stereocenters. The summed E-state index contributed by atoms with van der Waals surface area (Å²) in [6, 6.07) is -0.0127. The maximum Gasteiger partial charge on any atom is 0.237 e. The SMILES string of the molecule is CC[C@H](N)C(=O)NC1CCNCC1. The molecule has 1 saturated heterocycles. The van der Waals surface area contributed by atoms with Gasteiger partial charge in [-0.2, -0.15) is 0 Å². The topological polar surface area (TPSA) is 67.2 Å². The van der Waals surface area contributed by atoms with Crippen LogP contribution in [0.2, 0.25) is 0 Å². The number of carbonyl (C=O) groups excluding carboxylic acids is 1. The normalized spacial score (nSPS) is 21.1. The van der Waals surface area contributed by atoms with Crippen LogP contribution in [-0.4, -0.2) is 31.1 Å². The first-order chi connectivity index (χ1) is 6.24. The summed E-state index contributed by atoms with van der Waals surface area (Å²) >= 11 is 0. The minimum atomic E-state index is -0.338. The van der Waals surface area contributed by atoms with Crippen LogP contribution in [0, 0.1) is 0 Å². The highest BCUT2D eigenvalue weighted by Crippen LogP contribution is 2.02. The third kappa shape index (κ3) is 3.32. The molecule has 0 bridgehead atoms. The third-order valence-corrected chi connectivity index (χ3v) is 2.46. The number of piperidine rings is 1. The monoisotopic (exact) mass is 185 g/mol. The van der Waals surface area contributed by atoms with Crippen molar-refractivity contribution in [3.63, 3.8) is 0 Å². The molecule has 1 fully saturated rings. The van der Waals surface area contributed by atoms with E-state index in [2.05, 4.69) is 10.6 Å². The molecule has 1 aliphatic heterocycles. The van der Waals surface area contributed by atoms with Gasteiger partial charge in [-0.3, -0.25) is 4.79 Å². The molecule has 1 rings (SSSR count). The maximum absolute atomic E-state index is 11.4. The molecule has 76 valence electrons. The number of nitrogens with two attached hydrogens (primary N) is 1. The second-order valence-corrected chi connectivity index (χ2v) is 3.55. The van der Waals surface area contributed by atoms with Crippen molar-refractivity contribution < 1.29 is 4.79 Å². The zero-order chi connectivity index (χ0) is 9.68. The van der Waals surface area contributed by atoms with E-state index in [-0.39, 0.29) is 11.9 Å². The molecular weight excluding hydrogens is 166 g/mol. The average Bonchev–Trinajstić information content (AvgIpc) is 2.18. The van der Waals surface area contributed by atoms with E-state index in [1.165, 1.54) is 0 Å². The van der Waals surface area contributed by atoms with Gasteiger partial charge in [0.15, 0.2) is 0 Å². The van der Waals surface area contributed by atoms with Gasteiger partial charge in [0.2, 0.25) is 5.91 Å². The fourth-order valence-corrected chi connectivity index (χ4v) is 1.46. The fraction of sp³-hybridized carbons (Fsp3) is 0.889. The van der Waals surface area contributed by atoms with Gasteiger partial charge in [-0.25, -0.2) is 0 Å². The van der Waals surface area contributed by atoms with E-state index >= 15 is 0 Å². The van der Waals surface area contributed by atoms with Crippen molar-refractivity contribution in [1.82, 2.24) is 10.6 Å². The van der Waals surface area contributed by atoms with Crippen molar-refractivity contribution in [2.24, 2.45) is 5.73 Å². The highest BCUT2D eigenvalue weighted by atomic mass is 16.2. The number of amides is 1. The highest BCUT2D eigenvalue weighted by Gasteiger charge is 2.18. The van der Waals surface area contributed by atoms with Crippen LogP contribution in [-0.2, 0) is 4.79 Å². The average molecular weight is 185 g/mol. The van der Waals surface area contributed by atoms with E-state index in [9.17, 15) is 4.79 Å². The molecule has 0 radical (unpaired) electrons. The van der Waals surface area contributed by atoms with Crippen LogP contribution in [0.1, 0.15) is 26.2 Å². The van der Waals surface area contributed by atoms with E-state index in [0.29, 0.717) is 12.5 Å². The third-order valence-electron chi connectivity index (χ3n) is 2.46. The second kappa shape index (κ2) is 5.19. The first-order valence-electron chi connectivity index (χ1n) is 5.00. The van der Waals surface area contributed by atoms with Gasteiger partial charge in [0.25, 0.3) is 0 Å². The van der Waals surface area contributed by atoms with E-state index in [0.717, 1.165) is 25.9 Å². The summed E-state index contributed by atoms with van der Waals surface area (Å²) in [4.78, 5) is 11.4. The molecule has 0 aromatic rings. The summed E-state index contributed by atoms with van der Waals surface area (Å²) in [5, 5.41) is 6.21. The predicted molar refractivity (Wildman–Crippen MR) is 52.3 cm³/mol. The van der Waals surface area contributed by atoms with Crippen LogP contribution >= 0.6 is 0 Å². The molecule has 0 aliphatic carbocycles. The molecule has 1 heterocycles. The molecule has 0 aromatic heterocycles. The number of rotatable bonds is 3. The van der Waals surface area contributed by atoms with Crippen molar-refractivity contribution in [1.29, 1.82) is 0 Å². The minimum absolute atomic E-state index is 0.00519. The summed E-state index contributed by atoms with van der Waals surface area (Å²) in [7, 11) is 0. The van der Waals surface area contributed by atoms with Crippen LogP contribution in [0.25, 0.3) is 0 Å². The Hall–Kier alpha value is -0.610. The zero-order valence-electron chi connectivity index (χ0n) is 8.18. The lowest BCUT2D eigenvalue weighted by atomic mass is 10.1. The first kappa shape index (κ1) is 10.5. The fourth-order valence-electron chi connectivity index (χ4n) is 1.46. The van der Waals surface area contributed by atoms with Gasteiger partial charge in [-0.05, 0) is 32.4 Å². The van der Waals surface area contributed by atoms with E-state index in [1.54, 1.807) is 0 Å². The quantitative estimate of drug-likeness (QED) is 0.560. The van der Waals surface area contributed by atoms with Gasteiger partial charge >= 0.3 is 0 Å². The molecule has 4 heteroatoms. The van der Waals surface area contributed by atoms with Crippen LogP contribution in [0.4, 0.5) is 0 Å². The van der Waals surface area contributed by atoms with Gasteiger partial charge in [0.05, 0.1) is 6.04 Å². The molecule has 4 nitrogen and oxygen atoms in total. The lowest BCUT2D eigenvalue weighted by Crippen LogP contribution is -2.48. The van der Waals surface area contributed by atoms with Gasteiger partial charge in [-0.1, -0.05) is 6.92 Å². The predicted octanol–water partition coefficient (Wildman–Crippen LogP) is -0.408. The Bertz CT molecular complexity index is 166. The van der Waals surface area contributed by atoms with Gasteiger partial charge in [-0.15, -0.1) is 0 Å². The Morgan fingerprint density at radius 3 is 2.77 bits per heavy atom. The Morgan fingerprint density at radius 1 is 1.62 bits per heavy atom. The van der Waals surface area contributed by atoms with Crippen molar-refractivity contribution in [3.05, 3.63) is 0 Å². The summed E-state index contributed by atoms with van der Waals surface area (Å²) in [5.41, 5.74) is 5.61. The highest BCUT2D eigenvalue weighted by molar-refractivity contribution is 5.81. The number of nitrogens with one attached hydrogen (secondary N) is 2. The largest absolute Gasteiger partial charge is 0.352 e. The van der Waals surface area contributed by atoms with Crippen molar-refractivity contribution in [2.45, 2.75) is 38.3 Å².